The van der Waals surface area contributed by atoms with Gasteiger partial charge in [-0.05, 0) is 43.4 Å². The second-order valence-electron chi connectivity index (χ2n) is 8.23. The third-order valence-corrected chi connectivity index (χ3v) is 5.86. The van der Waals surface area contributed by atoms with Crippen LogP contribution in [0.2, 0.25) is 0 Å². The average Bonchev–Trinajstić information content (AvgIpc) is 3.54. The molecule has 28 heavy (non-hydrogen) atoms. The number of aliphatic hydroxyl groups excluding tert-OH is 1. The van der Waals surface area contributed by atoms with Gasteiger partial charge in [0.25, 0.3) is 0 Å². The largest absolute Gasteiger partial charge is 0.396 e. The van der Waals surface area contributed by atoms with Gasteiger partial charge >= 0.3 is 0 Å². The van der Waals surface area contributed by atoms with Crippen LogP contribution in [0.25, 0.3) is 11.3 Å². The van der Waals surface area contributed by atoms with Gasteiger partial charge in [0.2, 0.25) is 5.95 Å². The molecule has 6 nitrogen and oxygen atoms in total. The molecule has 2 aromatic rings. The highest BCUT2D eigenvalue weighted by Crippen LogP contribution is 2.31. The van der Waals surface area contributed by atoms with Crippen LogP contribution >= 0.6 is 0 Å². The summed E-state index contributed by atoms with van der Waals surface area (Å²) < 4.78 is 0. The van der Waals surface area contributed by atoms with E-state index < -0.39 is 0 Å². The van der Waals surface area contributed by atoms with Gasteiger partial charge in [0.05, 0.1) is 5.69 Å². The molecule has 0 spiro atoms. The number of anilines is 2. The fourth-order valence-electron chi connectivity index (χ4n) is 3.96. The Labute approximate surface area is 167 Å². The summed E-state index contributed by atoms with van der Waals surface area (Å²) in [6, 6.07) is 10.8. The molecule has 150 valence electrons. The maximum absolute atomic E-state index is 9.52. The van der Waals surface area contributed by atoms with E-state index in [0.29, 0.717) is 6.04 Å². The molecule has 1 saturated carbocycles. The number of hydrogen-bond donors (Lipinski definition) is 1. The maximum atomic E-state index is 9.52. The zero-order chi connectivity index (χ0) is 19.5. The molecule has 1 aromatic carbocycles. The van der Waals surface area contributed by atoms with Crippen molar-refractivity contribution in [2.75, 3.05) is 56.7 Å². The Morgan fingerprint density at radius 2 is 1.89 bits per heavy atom. The molecule has 1 N–H and O–H groups in total. The molecular formula is C22H31N5O. The molecule has 4 rings (SSSR count). The van der Waals surface area contributed by atoms with Crippen LogP contribution < -0.4 is 9.80 Å². The van der Waals surface area contributed by atoms with Crippen molar-refractivity contribution in [3.63, 3.8) is 0 Å². The van der Waals surface area contributed by atoms with Crippen molar-refractivity contribution < 1.29 is 5.11 Å². The molecule has 0 radical (unpaired) electrons. The number of piperazine rings is 1. The lowest BCUT2D eigenvalue weighted by molar-refractivity contribution is 0.136. The molecule has 1 saturated heterocycles. The predicted molar refractivity (Wildman–Crippen MR) is 114 cm³/mol. The van der Waals surface area contributed by atoms with E-state index in [2.05, 4.69) is 43.9 Å². The first-order chi connectivity index (χ1) is 13.6. The molecule has 2 heterocycles. The molecule has 2 fully saturated rings. The number of benzene rings is 1. The molecule has 2 aliphatic rings. The average molecular weight is 382 g/mol. The Morgan fingerprint density at radius 1 is 1.11 bits per heavy atom. The molecule has 0 amide bonds. The summed E-state index contributed by atoms with van der Waals surface area (Å²) >= 11 is 0. The number of aliphatic hydroxyl groups is 1. The van der Waals surface area contributed by atoms with Gasteiger partial charge in [-0.3, -0.25) is 4.90 Å². The summed E-state index contributed by atoms with van der Waals surface area (Å²) in [7, 11) is 4.09. The molecule has 1 unspecified atom stereocenters. The van der Waals surface area contributed by atoms with Crippen molar-refractivity contribution in [2.45, 2.75) is 25.3 Å². The van der Waals surface area contributed by atoms with Crippen molar-refractivity contribution in [1.82, 2.24) is 14.9 Å². The third-order valence-electron chi connectivity index (χ3n) is 5.86. The van der Waals surface area contributed by atoms with Crippen LogP contribution in [0.4, 0.5) is 11.6 Å². The van der Waals surface area contributed by atoms with E-state index in [-0.39, 0.29) is 6.61 Å². The van der Waals surface area contributed by atoms with Crippen LogP contribution in [0.15, 0.2) is 36.5 Å². The van der Waals surface area contributed by atoms with Gasteiger partial charge in [0, 0.05) is 70.4 Å². The molecule has 1 atom stereocenters. The van der Waals surface area contributed by atoms with Crippen LogP contribution in [0.5, 0.6) is 0 Å². The zero-order valence-corrected chi connectivity index (χ0v) is 17.0. The van der Waals surface area contributed by atoms with E-state index in [9.17, 15) is 5.11 Å². The third kappa shape index (κ3) is 4.45. The van der Waals surface area contributed by atoms with Gasteiger partial charge < -0.3 is 14.9 Å². The Morgan fingerprint density at radius 3 is 2.57 bits per heavy atom. The second kappa shape index (κ2) is 8.45. The fourth-order valence-corrected chi connectivity index (χ4v) is 3.96. The highest BCUT2D eigenvalue weighted by atomic mass is 16.3. The van der Waals surface area contributed by atoms with Crippen LogP contribution in [0.1, 0.15) is 19.3 Å². The number of hydrogen-bond acceptors (Lipinski definition) is 6. The van der Waals surface area contributed by atoms with Crippen molar-refractivity contribution >= 4 is 11.6 Å². The molecule has 6 heteroatoms. The Kier molecular flexibility index (Phi) is 5.78. The predicted octanol–water partition coefficient (Wildman–Crippen LogP) is 2.49. The second-order valence-corrected chi connectivity index (χ2v) is 8.23. The van der Waals surface area contributed by atoms with Crippen molar-refractivity contribution in [1.29, 1.82) is 0 Å². The minimum Gasteiger partial charge on any atom is -0.396 e. The normalized spacial score (nSPS) is 20.4. The van der Waals surface area contributed by atoms with Crippen LogP contribution in [-0.2, 0) is 0 Å². The summed E-state index contributed by atoms with van der Waals surface area (Å²) in [5.74, 6) is 1.67. The molecule has 1 aliphatic carbocycles. The number of aromatic nitrogens is 2. The van der Waals surface area contributed by atoms with Gasteiger partial charge in [-0.1, -0.05) is 12.1 Å². The van der Waals surface area contributed by atoms with E-state index in [0.717, 1.165) is 49.2 Å². The van der Waals surface area contributed by atoms with Crippen molar-refractivity contribution in [2.24, 2.45) is 5.92 Å². The summed E-state index contributed by atoms with van der Waals surface area (Å²) in [6.07, 6.45) is 5.40. The Balaban J connectivity index is 1.48. The van der Waals surface area contributed by atoms with E-state index in [1.165, 1.54) is 25.1 Å². The van der Waals surface area contributed by atoms with Gasteiger partial charge in [-0.25, -0.2) is 9.97 Å². The van der Waals surface area contributed by atoms with Gasteiger partial charge in [0.1, 0.15) is 0 Å². The van der Waals surface area contributed by atoms with E-state index in [1.54, 1.807) is 0 Å². The molecular weight excluding hydrogens is 350 g/mol. The standard InChI is InChI=1S/C22H31N5O/c1-25(2)19-7-5-18(6-8-19)21-9-11-23-22(24-21)27-13-12-26(15-17-3-4-17)20(16-27)10-14-28/h5-9,11,17,20,28H,3-4,10,12-16H2,1-2H3. The van der Waals surface area contributed by atoms with E-state index in [4.69, 9.17) is 4.98 Å². The Bertz CT molecular complexity index is 775. The fraction of sp³-hybridized carbons (Fsp3) is 0.545. The lowest BCUT2D eigenvalue weighted by Gasteiger charge is -2.41. The monoisotopic (exact) mass is 381 g/mol. The van der Waals surface area contributed by atoms with Crippen LogP contribution in [0.3, 0.4) is 0 Å². The highest BCUT2D eigenvalue weighted by Gasteiger charge is 2.32. The first kappa shape index (κ1) is 19.2. The van der Waals surface area contributed by atoms with Crippen LogP contribution in [-0.4, -0.2) is 72.9 Å². The molecule has 0 bridgehead atoms. The quantitative estimate of drug-likeness (QED) is 0.795. The first-order valence-electron chi connectivity index (χ1n) is 10.3. The molecule has 1 aliphatic heterocycles. The van der Waals surface area contributed by atoms with E-state index >= 15 is 0 Å². The van der Waals surface area contributed by atoms with Crippen LogP contribution in [0, 0.1) is 5.92 Å². The summed E-state index contributed by atoms with van der Waals surface area (Å²) in [4.78, 5) is 16.3. The minimum absolute atomic E-state index is 0.235. The topological polar surface area (TPSA) is 55.7 Å². The number of rotatable bonds is 7. The minimum atomic E-state index is 0.235. The van der Waals surface area contributed by atoms with Crippen molar-refractivity contribution in [3.8, 4) is 11.3 Å². The summed E-state index contributed by atoms with van der Waals surface area (Å²) in [5, 5.41) is 9.52. The highest BCUT2D eigenvalue weighted by molar-refractivity contribution is 5.63. The summed E-state index contributed by atoms with van der Waals surface area (Å²) in [6.45, 7) is 4.26. The Hall–Kier alpha value is -2.18. The zero-order valence-electron chi connectivity index (χ0n) is 17.0. The van der Waals surface area contributed by atoms with Gasteiger partial charge in [-0.15, -0.1) is 0 Å². The lowest BCUT2D eigenvalue weighted by atomic mass is 10.1. The van der Waals surface area contributed by atoms with Gasteiger partial charge in [-0.2, -0.15) is 0 Å². The van der Waals surface area contributed by atoms with Crippen molar-refractivity contribution in [3.05, 3.63) is 36.5 Å². The lowest BCUT2D eigenvalue weighted by Crippen LogP contribution is -2.54. The van der Waals surface area contributed by atoms with Gasteiger partial charge in [0.15, 0.2) is 0 Å². The SMILES string of the molecule is CN(C)c1ccc(-c2ccnc(N3CCN(CC4CC4)C(CCO)C3)n2)cc1. The maximum Gasteiger partial charge on any atom is 0.225 e. The van der Waals surface area contributed by atoms with E-state index in [1.807, 2.05) is 26.4 Å². The number of nitrogens with zero attached hydrogens (tertiary/aromatic N) is 5. The first-order valence-corrected chi connectivity index (χ1v) is 10.3. The summed E-state index contributed by atoms with van der Waals surface area (Å²) in [5.41, 5.74) is 3.24. The molecule has 1 aromatic heterocycles. The smallest absolute Gasteiger partial charge is 0.225 e.